The van der Waals surface area contributed by atoms with E-state index in [4.69, 9.17) is 4.42 Å². The molecule has 2 atom stereocenters. The van der Waals surface area contributed by atoms with Gasteiger partial charge in [0.1, 0.15) is 5.76 Å². The Morgan fingerprint density at radius 1 is 1.25 bits per heavy atom. The van der Waals surface area contributed by atoms with Crippen molar-refractivity contribution >= 4 is 0 Å². The average molecular weight is 217 g/mol. The van der Waals surface area contributed by atoms with Gasteiger partial charge in [-0.25, -0.2) is 0 Å². The van der Waals surface area contributed by atoms with Gasteiger partial charge in [-0.3, -0.25) is 15.3 Å². The van der Waals surface area contributed by atoms with Gasteiger partial charge in [0.05, 0.1) is 18.0 Å². The number of nitrogens with one attached hydrogen (secondary N) is 1. The molecule has 1 N–H and O–H groups in total. The molecule has 0 radical (unpaired) electrons. The molecule has 16 heavy (non-hydrogen) atoms. The zero-order valence-corrected chi connectivity index (χ0v) is 9.42. The van der Waals surface area contributed by atoms with E-state index in [-0.39, 0.29) is 12.1 Å². The van der Waals surface area contributed by atoms with Crippen molar-refractivity contribution in [2.75, 3.05) is 0 Å². The van der Waals surface area contributed by atoms with Crippen LogP contribution in [0.25, 0.3) is 0 Å². The molecule has 0 fully saturated rings. The molecule has 84 valence electrons. The zero-order valence-electron chi connectivity index (χ0n) is 9.42. The van der Waals surface area contributed by atoms with Crippen LogP contribution in [0, 0.1) is 0 Å². The predicted octanol–water partition coefficient (Wildman–Crippen LogP) is 2.48. The molecule has 4 heteroatoms. The highest BCUT2D eigenvalue weighted by Gasteiger charge is 2.13. The van der Waals surface area contributed by atoms with Crippen LogP contribution in [0.3, 0.4) is 0 Å². The van der Waals surface area contributed by atoms with Crippen LogP contribution in [0.15, 0.2) is 41.4 Å². The van der Waals surface area contributed by atoms with E-state index in [1.165, 1.54) is 0 Å². The summed E-state index contributed by atoms with van der Waals surface area (Å²) < 4.78 is 5.33. The summed E-state index contributed by atoms with van der Waals surface area (Å²) in [6, 6.07) is 4.16. The highest BCUT2D eigenvalue weighted by Crippen LogP contribution is 2.17. The van der Waals surface area contributed by atoms with Crippen LogP contribution >= 0.6 is 0 Å². The molecule has 1 unspecified atom stereocenters. The number of rotatable bonds is 4. The first-order chi connectivity index (χ1) is 7.77. The first kappa shape index (κ1) is 10.8. The molecule has 0 spiro atoms. The summed E-state index contributed by atoms with van der Waals surface area (Å²) in [5.74, 6) is 0.927. The van der Waals surface area contributed by atoms with E-state index in [1.807, 2.05) is 12.1 Å². The van der Waals surface area contributed by atoms with Gasteiger partial charge in [-0.2, -0.15) is 0 Å². The fourth-order valence-electron chi connectivity index (χ4n) is 1.61. The Morgan fingerprint density at radius 3 is 2.75 bits per heavy atom. The van der Waals surface area contributed by atoms with Gasteiger partial charge in [0.25, 0.3) is 0 Å². The maximum absolute atomic E-state index is 5.33. The van der Waals surface area contributed by atoms with Crippen molar-refractivity contribution in [3.63, 3.8) is 0 Å². The molecule has 0 aliphatic heterocycles. The van der Waals surface area contributed by atoms with E-state index in [9.17, 15) is 0 Å². The highest BCUT2D eigenvalue weighted by molar-refractivity contribution is 5.06. The molecule has 2 aromatic heterocycles. The number of hydrogen-bond acceptors (Lipinski definition) is 4. The normalized spacial score (nSPS) is 14.6. The third-order valence-corrected chi connectivity index (χ3v) is 2.50. The van der Waals surface area contributed by atoms with Gasteiger partial charge in [0, 0.05) is 24.6 Å². The second-order valence-electron chi connectivity index (χ2n) is 3.76. The number of nitrogens with zero attached hydrogens (tertiary/aromatic N) is 2. The standard InChI is InChI=1S/C12H15N3O/c1-9(11-8-13-5-6-14-11)15-10(2)12-4-3-7-16-12/h3-10,15H,1-2H3/t9?,10-/m0/s1. The molecular formula is C12H15N3O. The number of aromatic nitrogens is 2. The Hall–Kier alpha value is -1.68. The SMILES string of the molecule is CC(N[C@@H](C)c1ccco1)c1cnccn1. The number of hydrogen-bond donors (Lipinski definition) is 1. The van der Waals surface area contributed by atoms with E-state index in [0.29, 0.717) is 0 Å². The Bertz CT molecular complexity index is 413. The third-order valence-electron chi connectivity index (χ3n) is 2.50. The molecular weight excluding hydrogens is 202 g/mol. The molecule has 0 saturated carbocycles. The van der Waals surface area contributed by atoms with Gasteiger partial charge in [0.2, 0.25) is 0 Å². The molecule has 2 heterocycles. The van der Waals surface area contributed by atoms with E-state index >= 15 is 0 Å². The van der Waals surface area contributed by atoms with Crippen molar-refractivity contribution in [2.24, 2.45) is 0 Å². The van der Waals surface area contributed by atoms with Crippen molar-refractivity contribution in [2.45, 2.75) is 25.9 Å². The molecule has 0 amide bonds. The molecule has 2 rings (SSSR count). The molecule has 0 saturated heterocycles. The number of furan rings is 1. The fourth-order valence-corrected chi connectivity index (χ4v) is 1.61. The zero-order chi connectivity index (χ0) is 11.4. The van der Waals surface area contributed by atoms with Crippen LogP contribution in [-0.4, -0.2) is 9.97 Å². The topological polar surface area (TPSA) is 51.0 Å². The van der Waals surface area contributed by atoms with Crippen molar-refractivity contribution in [1.82, 2.24) is 15.3 Å². The van der Waals surface area contributed by atoms with Crippen LogP contribution in [0.4, 0.5) is 0 Å². The maximum Gasteiger partial charge on any atom is 0.120 e. The van der Waals surface area contributed by atoms with E-state index < -0.39 is 0 Å². The minimum absolute atomic E-state index is 0.147. The van der Waals surface area contributed by atoms with Crippen LogP contribution in [0.2, 0.25) is 0 Å². The Morgan fingerprint density at radius 2 is 2.12 bits per heavy atom. The lowest BCUT2D eigenvalue weighted by atomic mass is 10.2. The van der Waals surface area contributed by atoms with Gasteiger partial charge in [0.15, 0.2) is 0 Å². The van der Waals surface area contributed by atoms with Crippen LogP contribution in [0.5, 0.6) is 0 Å². The van der Waals surface area contributed by atoms with Gasteiger partial charge < -0.3 is 4.42 Å². The summed E-state index contributed by atoms with van der Waals surface area (Å²) in [6.07, 6.45) is 6.82. The summed E-state index contributed by atoms with van der Waals surface area (Å²) in [4.78, 5) is 8.31. The fraction of sp³-hybridized carbons (Fsp3) is 0.333. The van der Waals surface area contributed by atoms with Gasteiger partial charge in [-0.1, -0.05) is 0 Å². The monoisotopic (exact) mass is 217 g/mol. The molecule has 4 nitrogen and oxygen atoms in total. The predicted molar refractivity (Wildman–Crippen MR) is 60.7 cm³/mol. The quantitative estimate of drug-likeness (QED) is 0.854. The average Bonchev–Trinajstić information content (AvgIpc) is 2.83. The minimum Gasteiger partial charge on any atom is -0.468 e. The Balaban J connectivity index is 2.00. The van der Waals surface area contributed by atoms with Crippen LogP contribution in [0.1, 0.15) is 37.4 Å². The lowest BCUT2D eigenvalue weighted by Gasteiger charge is -2.17. The van der Waals surface area contributed by atoms with Gasteiger partial charge >= 0.3 is 0 Å². The Labute approximate surface area is 94.7 Å². The van der Waals surface area contributed by atoms with Crippen LogP contribution in [-0.2, 0) is 0 Å². The second-order valence-corrected chi connectivity index (χ2v) is 3.76. The Kier molecular flexibility index (Phi) is 3.31. The third kappa shape index (κ3) is 2.46. The van der Waals surface area contributed by atoms with Crippen molar-refractivity contribution in [1.29, 1.82) is 0 Å². The minimum atomic E-state index is 0.147. The second kappa shape index (κ2) is 4.90. The van der Waals surface area contributed by atoms with E-state index in [2.05, 4.69) is 29.1 Å². The first-order valence-electron chi connectivity index (χ1n) is 5.32. The lowest BCUT2D eigenvalue weighted by Crippen LogP contribution is -2.22. The molecule has 0 bridgehead atoms. The lowest BCUT2D eigenvalue weighted by molar-refractivity contribution is 0.399. The summed E-state index contributed by atoms with van der Waals surface area (Å²) >= 11 is 0. The van der Waals surface area contributed by atoms with Crippen LogP contribution < -0.4 is 5.32 Å². The van der Waals surface area contributed by atoms with Crippen molar-refractivity contribution in [3.05, 3.63) is 48.4 Å². The summed E-state index contributed by atoms with van der Waals surface area (Å²) in [7, 11) is 0. The maximum atomic E-state index is 5.33. The summed E-state index contributed by atoms with van der Waals surface area (Å²) in [6.45, 7) is 4.12. The van der Waals surface area contributed by atoms with Gasteiger partial charge in [-0.15, -0.1) is 0 Å². The highest BCUT2D eigenvalue weighted by atomic mass is 16.3. The first-order valence-corrected chi connectivity index (χ1v) is 5.32. The molecule has 0 aliphatic carbocycles. The van der Waals surface area contributed by atoms with Crippen molar-refractivity contribution in [3.8, 4) is 0 Å². The van der Waals surface area contributed by atoms with Gasteiger partial charge in [-0.05, 0) is 26.0 Å². The molecule has 2 aromatic rings. The smallest absolute Gasteiger partial charge is 0.120 e. The largest absolute Gasteiger partial charge is 0.468 e. The summed E-state index contributed by atoms with van der Waals surface area (Å²) in [5, 5.41) is 3.40. The molecule has 0 aliphatic rings. The van der Waals surface area contributed by atoms with E-state index in [0.717, 1.165) is 11.5 Å². The van der Waals surface area contributed by atoms with E-state index in [1.54, 1.807) is 24.9 Å². The molecule has 0 aromatic carbocycles. The van der Waals surface area contributed by atoms with Crippen molar-refractivity contribution < 1.29 is 4.42 Å². The summed E-state index contributed by atoms with van der Waals surface area (Å²) in [5.41, 5.74) is 0.931.